The van der Waals surface area contributed by atoms with Gasteiger partial charge in [-0.1, -0.05) is 19.3 Å². The minimum atomic E-state index is -4.13. The first-order valence-electron chi connectivity index (χ1n) is 7.45. The van der Waals surface area contributed by atoms with Gasteiger partial charge in [0.25, 0.3) is 0 Å². The Morgan fingerprint density at radius 1 is 1.15 bits per heavy atom. The lowest BCUT2D eigenvalue weighted by Crippen LogP contribution is -2.52. The number of hydrogen-bond donors (Lipinski definition) is 1. The van der Waals surface area contributed by atoms with Gasteiger partial charge in [0.1, 0.15) is 0 Å². The summed E-state index contributed by atoms with van der Waals surface area (Å²) in [5.41, 5.74) is 5.30. The molecule has 2 fully saturated rings. The van der Waals surface area contributed by atoms with Gasteiger partial charge in [0, 0.05) is 19.6 Å². The van der Waals surface area contributed by atoms with Gasteiger partial charge in [-0.2, -0.15) is 13.2 Å². The lowest BCUT2D eigenvalue weighted by molar-refractivity contribution is -0.188. The Hall–Kier alpha value is -0.780. The number of likely N-dealkylation sites (tertiary alicyclic amines) is 1. The van der Waals surface area contributed by atoms with E-state index in [9.17, 15) is 18.0 Å². The lowest BCUT2D eigenvalue weighted by Gasteiger charge is -2.41. The first-order chi connectivity index (χ1) is 9.39. The SMILES string of the molecule is NCC1(C(=O)N2CCC(C(F)(F)F)CC2)CCCCC1. The minimum absolute atomic E-state index is 0.0136. The van der Waals surface area contributed by atoms with Crippen LogP contribution in [-0.2, 0) is 4.79 Å². The highest BCUT2D eigenvalue weighted by molar-refractivity contribution is 5.83. The van der Waals surface area contributed by atoms with E-state index in [4.69, 9.17) is 5.73 Å². The zero-order valence-electron chi connectivity index (χ0n) is 11.7. The van der Waals surface area contributed by atoms with E-state index in [-0.39, 0.29) is 31.8 Å². The van der Waals surface area contributed by atoms with Crippen LogP contribution in [0, 0.1) is 11.3 Å². The van der Waals surface area contributed by atoms with E-state index in [1.54, 1.807) is 4.90 Å². The number of alkyl halides is 3. The summed E-state index contributed by atoms with van der Waals surface area (Å²) in [6, 6.07) is 0. The number of carbonyl (C=O) groups is 1. The fourth-order valence-corrected chi connectivity index (χ4v) is 3.48. The summed E-state index contributed by atoms with van der Waals surface area (Å²) >= 11 is 0. The summed E-state index contributed by atoms with van der Waals surface area (Å²) in [4.78, 5) is 14.2. The molecule has 0 radical (unpaired) electrons. The number of hydrogen-bond acceptors (Lipinski definition) is 2. The maximum absolute atomic E-state index is 12.6. The van der Waals surface area contributed by atoms with Crippen LogP contribution in [0.15, 0.2) is 0 Å². The number of nitrogens with zero attached hydrogens (tertiary/aromatic N) is 1. The van der Waals surface area contributed by atoms with Gasteiger partial charge >= 0.3 is 6.18 Å². The van der Waals surface area contributed by atoms with Crippen molar-refractivity contribution in [2.24, 2.45) is 17.1 Å². The van der Waals surface area contributed by atoms with Crippen LogP contribution in [0.25, 0.3) is 0 Å². The Morgan fingerprint density at radius 3 is 2.15 bits per heavy atom. The average Bonchev–Trinajstić information content (AvgIpc) is 2.46. The normalized spacial score (nSPS) is 24.7. The van der Waals surface area contributed by atoms with Gasteiger partial charge in [0.2, 0.25) is 5.91 Å². The Bertz CT molecular complexity index is 343. The molecule has 0 aromatic heterocycles. The van der Waals surface area contributed by atoms with Crippen molar-refractivity contribution in [3.8, 4) is 0 Å². The molecule has 1 saturated heterocycles. The molecule has 0 atom stereocenters. The molecule has 0 bridgehead atoms. The van der Waals surface area contributed by atoms with Crippen LogP contribution in [0.1, 0.15) is 44.9 Å². The Kier molecular flexibility index (Phi) is 4.62. The Morgan fingerprint density at radius 2 is 1.70 bits per heavy atom. The topological polar surface area (TPSA) is 46.3 Å². The number of carbonyl (C=O) groups excluding carboxylic acids is 1. The maximum atomic E-state index is 12.6. The molecular formula is C14H23F3N2O. The van der Waals surface area contributed by atoms with E-state index >= 15 is 0 Å². The molecule has 6 heteroatoms. The van der Waals surface area contributed by atoms with E-state index in [2.05, 4.69) is 0 Å². The molecule has 2 N–H and O–H groups in total. The average molecular weight is 292 g/mol. The van der Waals surface area contributed by atoms with E-state index in [0.29, 0.717) is 6.54 Å². The van der Waals surface area contributed by atoms with E-state index < -0.39 is 17.5 Å². The predicted octanol–water partition coefficient (Wildman–Crippen LogP) is 2.70. The molecule has 20 heavy (non-hydrogen) atoms. The zero-order valence-corrected chi connectivity index (χ0v) is 11.7. The molecule has 1 heterocycles. The first kappa shape index (κ1) is 15.6. The Labute approximate surface area is 117 Å². The maximum Gasteiger partial charge on any atom is 0.391 e. The molecule has 3 nitrogen and oxygen atoms in total. The highest BCUT2D eigenvalue weighted by Crippen LogP contribution is 2.39. The third-order valence-electron chi connectivity index (χ3n) is 4.90. The van der Waals surface area contributed by atoms with Crippen LogP contribution in [-0.4, -0.2) is 36.6 Å². The van der Waals surface area contributed by atoms with Crippen LogP contribution in [0.3, 0.4) is 0 Å². The van der Waals surface area contributed by atoms with Crippen LogP contribution >= 0.6 is 0 Å². The number of amides is 1. The van der Waals surface area contributed by atoms with Crippen molar-refractivity contribution in [3.05, 3.63) is 0 Å². The number of rotatable bonds is 2. The summed E-state index contributed by atoms with van der Waals surface area (Å²) in [5.74, 6) is -1.27. The second kappa shape index (κ2) is 5.92. The standard InChI is InChI=1S/C14H23F3N2O/c15-14(16,17)11-4-8-19(9-5-11)12(20)13(10-18)6-2-1-3-7-13/h11H,1-10,18H2. The molecular weight excluding hydrogens is 269 g/mol. The summed E-state index contributed by atoms with van der Waals surface area (Å²) in [6.45, 7) is 0.737. The van der Waals surface area contributed by atoms with Crippen molar-refractivity contribution in [1.29, 1.82) is 0 Å². The van der Waals surface area contributed by atoms with E-state index in [1.807, 2.05) is 0 Å². The van der Waals surface area contributed by atoms with Gasteiger partial charge in [-0.05, 0) is 25.7 Å². The fourth-order valence-electron chi connectivity index (χ4n) is 3.48. The molecule has 1 aliphatic heterocycles. The van der Waals surface area contributed by atoms with Gasteiger partial charge < -0.3 is 10.6 Å². The van der Waals surface area contributed by atoms with Crippen LogP contribution in [0.5, 0.6) is 0 Å². The van der Waals surface area contributed by atoms with Crippen molar-refractivity contribution in [2.75, 3.05) is 19.6 Å². The van der Waals surface area contributed by atoms with Crippen molar-refractivity contribution in [2.45, 2.75) is 51.1 Å². The quantitative estimate of drug-likeness (QED) is 0.850. The Balaban J connectivity index is 1.97. The lowest BCUT2D eigenvalue weighted by atomic mass is 9.72. The van der Waals surface area contributed by atoms with Gasteiger partial charge in [-0.3, -0.25) is 4.79 Å². The van der Waals surface area contributed by atoms with Crippen molar-refractivity contribution < 1.29 is 18.0 Å². The molecule has 1 amide bonds. The molecule has 1 aliphatic carbocycles. The highest BCUT2D eigenvalue weighted by Gasteiger charge is 2.45. The van der Waals surface area contributed by atoms with Crippen LogP contribution in [0.2, 0.25) is 0 Å². The van der Waals surface area contributed by atoms with Crippen molar-refractivity contribution in [3.63, 3.8) is 0 Å². The molecule has 0 aromatic rings. The molecule has 116 valence electrons. The summed E-state index contributed by atoms with van der Waals surface area (Å²) in [5, 5.41) is 0. The first-order valence-corrected chi connectivity index (χ1v) is 7.45. The smallest absolute Gasteiger partial charge is 0.342 e. The monoisotopic (exact) mass is 292 g/mol. The van der Waals surface area contributed by atoms with E-state index in [0.717, 1.165) is 32.1 Å². The van der Waals surface area contributed by atoms with Crippen LogP contribution in [0.4, 0.5) is 13.2 Å². The molecule has 0 spiro atoms. The predicted molar refractivity (Wildman–Crippen MR) is 69.9 cm³/mol. The number of nitrogens with two attached hydrogens (primary N) is 1. The van der Waals surface area contributed by atoms with E-state index in [1.165, 1.54) is 0 Å². The largest absolute Gasteiger partial charge is 0.391 e. The highest BCUT2D eigenvalue weighted by atomic mass is 19.4. The molecule has 0 aromatic carbocycles. The molecule has 2 rings (SSSR count). The second-order valence-electron chi connectivity index (χ2n) is 6.15. The second-order valence-corrected chi connectivity index (χ2v) is 6.15. The third-order valence-corrected chi connectivity index (χ3v) is 4.90. The summed E-state index contributed by atoms with van der Waals surface area (Å²) in [7, 11) is 0. The number of halogens is 3. The van der Waals surface area contributed by atoms with Gasteiger partial charge in [-0.15, -0.1) is 0 Å². The minimum Gasteiger partial charge on any atom is -0.342 e. The van der Waals surface area contributed by atoms with Crippen molar-refractivity contribution >= 4 is 5.91 Å². The molecule has 0 unspecified atom stereocenters. The fraction of sp³-hybridized carbons (Fsp3) is 0.929. The zero-order chi connectivity index (χ0) is 14.8. The van der Waals surface area contributed by atoms with Crippen molar-refractivity contribution in [1.82, 2.24) is 4.90 Å². The number of piperidine rings is 1. The molecule has 1 saturated carbocycles. The van der Waals surface area contributed by atoms with Crippen LogP contribution < -0.4 is 5.73 Å². The summed E-state index contributed by atoms with van der Waals surface area (Å²) < 4.78 is 37.9. The van der Waals surface area contributed by atoms with Gasteiger partial charge in [0.05, 0.1) is 11.3 Å². The molecule has 2 aliphatic rings. The van der Waals surface area contributed by atoms with Gasteiger partial charge in [-0.25, -0.2) is 0 Å². The van der Waals surface area contributed by atoms with Gasteiger partial charge in [0.15, 0.2) is 0 Å². The third kappa shape index (κ3) is 3.10. The summed E-state index contributed by atoms with van der Waals surface area (Å²) in [6.07, 6.45) is 0.565.